The minimum atomic E-state index is -3.50. The predicted octanol–water partition coefficient (Wildman–Crippen LogP) is -1.12. The Morgan fingerprint density at radius 2 is 1.76 bits per heavy atom. The molecule has 0 unspecified atom stereocenters. The van der Waals surface area contributed by atoms with Crippen molar-refractivity contribution in [1.29, 1.82) is 0 Å². The Balaban J connectivity index is 4.33. The molecule has 17 heavy (non-hydrogen) atoms. The standard InChI is InChI=1S/C9H21N3O4S/c1-10-6-8-12(3)17(14,15)11(2)7-5-9(13)16-4/h10H,5-8H2,1-4H3. The van der Waals surface area contributed by atoms with Crippen LogP contribution in [0.4, 0.5) is 0 Å². The highest BCUT2D eigenvalue weighted by molar-refractivity contribution is 7.86. The second kappa shape index (κ2) is 7.59. The summed E-state index contributed by atoms with van der Waals surface area (Å²) in [6, 6.07) is 0. The minimum Gasteiger partial charge on any atom is -0.469 e. The molecule has 0 amide bonds. The third-order valence-electron chi connectivity index (χ3n) is 2.32. The van der Waals surface area contributed by atoms with Crippen LogP contribution in [0, 0.1) is 0 Å². The van der Waals surface area contributed by atoms with Gasteiger partial charge in [0.15, 0.2) is 0 Å². The van der Waals surface area contributed by atoms with Gasteiger partial charge in [0, 0.05) is 33.7 Å². The van der Waals surface area contributed by atoms with Crippen molar-refractivity contribution in [2.24, 2.45) is 0 Å². The van der Waals surface area contributed by atoms with Crippen LogP contribution in [-0.2, 0) is 19.7 Å². The van der Waals surface area contributed by atoms with Crippen molar-refractivity contribution in [3.05, 3.63) is 0 Å². The van der Waals surface area contributed by atoms with Gasteiger partial charge in [0.2, 0.25) is 0 Å². The number of carbonyl (C=O) groups excluding carboxylic acids is 1. The van der Waals surface area contributed by atoms with E-state index in [1.165, 1.54) is 25.5 Å². The topological polar surface area (TPSA) is 79.0 Å². The van der Waals surface area contributed by atoms with E-state index in [9.17, 15) is 13.2 Å². The fourth-order valence-electron chi connectivity index (χ4n) is 1.09. The van der Waals surface area contributed by atoms with Crippen LogP contribution in [0.25, 0.3) is 0 Å². The molecule has 7 nitrogen and oxygen atoms in total. The van der Waals surface area contributed by atoms with Crippen LogP contribution in [0.2, 0.25) is 0 Å². The number of likely N-dealkylation sites (N-methyl/N-ethyl adjacent to an activating group) is 2. The first-order valence-electron chi connectivity index (χ1n) is 5.25. The fourth-order valence-corrected chi connectivity index (χ4v) is 2.21. The van der Waals surface area contributed by atoms with Gasteiger partial charge in [-0.1, -0.05) is 0 Å². The van der Waals surface area contributed by atoms with E-state index in [2.05, 4.69) is 10.1 Å². The maximum Gasteiger partial charge on any atom is 0.306 e. The molecule has 8 heteroatoms. The van der Waals surface area contributed by atoms with E-state index in [1.807, 2.05) is 0 Å². The Bertz CT molecular complexity index is 331. The van der Waals surface area contributed by atoms with Crippen LogP contribution in [0.3, 0.4) is 0 Å². The van der Waals surface area contributed by atoms with Crippen molar-refractivity contribution < 1.29 is 17.9 Å². The summed E-state index contributed by atoms with van der Waals surface area (Å²) in [4.78, 5) is 10.9. The van der Waals surface area contributed by atoms with Crippen LogP contribution in [-0.4, -0.2) is 70.9 Å². The monoisotopic (exact) mass is 267 g/mol. The number of nitrogens with zero attached hydrogens (tertiary/aromatic N) is 2. The quantitative estimate of drug-likeness (QED) is 0.563. The highest BCUT2D eigenvalue weighted by atomic mass is 32.2. The summed E-state index contributed by atoms with van der Waals surface area (Å²) in [6.45, 7) is 1.06. The number of nitrogens with one attached hydrogen (secondary N) is 1. The molecule has 0 spiro atoms. The van der Waals surface area contributed by atoms with Gasteiger partial charge in [0.1, 0.15) is 0 Å². The molecule has 0 aliphatic rings. The summed E-state index contributed by atoms with van der Waals surface area (Å²) in [5.41, 5.74) is 0. The zero-order chi connectivity index (χ0) is 13.5. The molecular weight excluding hydrogens is 246 g/mol. The summed E-state index contributed by atoms with van der Waals surface area (Å²) in [6.07, 6.45) is 0.0477. The molecule has 0 atom stereocenters. The molecule has 0 rings (SSSR count). The fraction of sp³-hybridized carbons (Fsp3) is 0.889. The van der Waals surface area contributed by atoms with Gasteiger partial charge in [-0.05, 0) is 7.05 Å². The molecule has 0 aromatic carbocycles. The Labute approximate surface area is 103 Å². The number of ether oxygens (including phenoxy) is 1. The largest absolute Gasteiger partial charge is 0.469 e. The number of methoxy groups -OCH3 is 1. The van der Waals surface area contributed by atoms with E-state index in [0.717, 1.165) is 4.31 Å². The van der Waals surface area contributed by atoms with E-state index in [4.69, 9.17) is 0 Å². The minimum absolute atomic E-state index is 0.0477. The number of hydrogen-bond donors (Lipinski definition) is 1. The van der Waals surface area contributed by atoms with E-state index >= 15 is 0 Å². The van der Waals surface area contributed by atoms with Gasteiger partial charge >= 0.3 is 5.97 Å². The molecule has 102 valence electrons. The lowest BCUT2D eigenvalue weighted by Gasteiger charge is -2.23. The summed E-state index contributed by atoms with van der Waals surface area (Å²) >= 11 is 0. The molecule has 0 aliphatic heterocycles. The average molecular weight is 267 g/mol. The summed E-state index contributed by atoms with van der Waals surface area (Å²) < 4.78 is 30.6. The Morgan fingerprint density at radius 3 is 2.24 bits per heavy atom. The molecule has 0 radical (unpaired) electrons. The smallest absolute Gasteiger partial charge is 0.306 e. The maximum absolute atomic E-state index is 11.9. The van der Waals surface area contributed by atoms with Crippen LogP contribution in [0.15, 0.2) is 0 Å². The van der Waals surface area contributed by atoms with Gasteiger partial charge < -0.3 is 10.1 Å². The van der Waals surface area contributed by atoms with Gasteiger partial charge in [0.05, 0.1) is 13.5 Å². The lowest BCUT2D eigenvalue weighted by atomic mass is 10.4. The molecule has 0 heterocycles. The second-order valence-corrected chi connectivity index (χ2v) is 5.72. The normalized spacial score (nSPS) is 12.1. The molecule has 1 N–H and O–H groups in total. The predicted molar refractivity (Wildman–Crippen MR) is 64.7 cm³/mol. The van der Waals surface area contributed by atoms with Gasteiger partial charge in [-0.15, -0.1) is 0 Å². The van der Waals surface area contributed by atoms with Crippen molar-refractivity contribution in [2.45, 2.75) is 6.42 Å². The van der Waals surface area contributed by atoms with Crippen LogP contribution >= 0.6 is 0 Å². The molecule has 0 aromatic rings. The van der Waals surface area contributed by atoms with Crippen LogP contribution in [0.1, 0.15) is 6.42 Å². The lowest BCUT2D eigenvalue weighted by Crippen LogP contribution is -2.42. The summed E-state index contributed by atoms with van der Waals surface area (Å²) in [7, 11) is 2.47. The second-order valence-electron chi connectivity index (χ2n) is 3.58. The molecule has 0 saturated carbocycles. The molecule has 0 saturated heterocycles. The van der Waals surface area contributed by atoms with Crippen LogP contribution < -0.4 is 5.32 Å². The van der Waals surface area contributed by atoms with Crippen molar-refractivity contribution in [2.75, 3.05) is 47.9 Å². The van der Waals surface area contributed by atoms with Gasteiger partial charge in [-0.25, -0.2) is 0 Å². The molecule has 0 aliphatic carbocycles. The van der Waals surface area contributed by atoms with Gasteiger partial charge in [0.25, 0.3) is 10.2 Å². The van der Waals surface area contributed by atoms with Crippen molar-refractivity contribution in [3.63, 3.8) is 0 Å². The molecule has 0 aromatic heterocycles. The van der Waals surface area contributed by atoms with Gasteiger partial charge in [-0.3, -0.25) is 4.79 Å². The number of hydrogen-bond acceptors (Lipinski definition) is 5. The first kappa shape index (κ1) is 16.3. The number of carbonyl (C=O) groups is 1. The summed E-state index contributed by atoms with van der Waals surface area (Å²) in [5.74, 6) is -0.426. The first-order chi connectivity index (χ1) is 7.86. The van der Waals surface area contributed by atoms with E-state index < -0.39 is 16.2 Å². The van der Waals surface area contributed by atoms with Crippen molar-refractivity contribution in [1.82, 2.24) is 13.9 Å². The number of esters is 1. The Hall–Kier alpha value is -0.700. The van der Waals surface area contributed by atoms with E-state index in [0.29, 0.717) is 13.1 Å². The highest BCUT2D eigenvalue weighted by Crippen LogP contribution is 2.04. The average Bonchev–Trinajstić information content (AvgIpc) is 2.31. The zero-order valence-electron chi connectivity index (χ0n) is 10.8. The van der Waals surface area contributed by atoms with Crippen molar-refractivity contribution in [3.8, 4) is 0 Å². The zero-order valence-corrected chi connectivity index (χ0v) is 11.6. The Kier molecular flexibility index (Phi) is 7.28. The molecule has 0 bridgehead atoms. The SMILES string of the molecule is CNCCN(C)S(=O)(=O)N(C)CCC(=O)OC. The number of rotatable bonds is 8. The molecule has 0 fully saturated rings. The van der Waals surface area contributed by atoms with E-state index in [1.54, 1.807) is 7.05 Å². The van der Waals surface area contributed by atoms with Crippen LogP contribution in [0.5, 0.6) is 0 Å². The van der Waals surface area contributed by atoms with Gasteiger partial charge in [-0.2, -0.15) is 17.0 Å². The third-order valence-corrected chi connectivity index (χ3v) is 4.26. The van der Waals surface area contributed by atoms with E-state index in [-0.39, 0.29) is 13.0 Å². The molecular formula is C9H21N3O4S. The maximum atomic E-state index is 11.9. The Morgan fingerprint density at radius 1 is 1.24 bits per heavy atom. The van der Waals surface area contributed by atoms with Crippen molar-refractivity contribution >= 4 is 16.2 Å². The summed E-state index contributed by atoms with van der Waals surface area (Å²) in [5, 5.41) is 2.87. The lowest BCUT2D eigenvalue weighted by molar-refractivity contribution is -0.140. The first-order valence-corrected chi connectivity index (χ1v) is 6.65. The highest BCUT2D eigenvalue weighted by Gasteiger charge is 2.23. The third kappa shape index (κ3) is 5.44.